The number of ether oxygens (including phenoxy) is 1. The average Bonchev–Trinajstić information content (AvgIpc) is 2.80. The van der Waals surface area contributed by atoms with E-state index in [2.05, 4.69) is 16.2 Å². The number of rotatable bonds is 4. The fraction of sp³-hybridized carbons (Fsp3) is 0.0909. The van der Waals surface area contributed by atoms with Gasteiger partial charge in [-0.2, -0.15) is 5.26 Å². The zero-order valence-electron chi connectivity index (χ0n) is 16.0. The van der Waals surface area contributed by atoms with E-state index in [1.165, 1.54) is 0 Å². The van der Waals surface area contributed by atoms with Gasteiger partial charge in [0.15, 0.2) is 0 Å². The Balaban J connectivity index is 1.86. The molecule has 30 heavy (non-hydrogen) atoms. The summed E-state index contributed by atoms with van der Waals surface area (Å²) in [7, 11) is 1.54. The van der Waals surface area contributed by atoms with Crippen LogP contribution < -0.4 is 16.0 Å². The average molecular weight is 401 g/mol. The van der Waals surface area contributed by atoms with Crippen LogP contribution in [0.4, 0.5) is 4.48 Å². The summed E-state index contributed by atoms with van der Waals surface area (Å²) in [6, 6.07) is 14.3. The molecule has 2 N–H and O–H groups in total. The Morgan fingerprint density at radius 3 is 2.63 bits per heavy atom. The van der Waals surface area contributed by atoms with Crippen LogP contribution in [0.15, 0.2) is 59.7 Å². The van der Waals surface area contributed by atoms with Gasteiger partial charge in [-0.15, -0.1) is 5.10 Å². The largest absolute Gasteiger partial charge is 0.497 e. The van der Waals surface area contributed by atoms with Gasteiger partial charge in [-0.1, -0.05) is 15.5 Å². The van der Waals surface area contributed by atoms with Crippen molar-refractivity contribution in [2.24, 2.45) is 5.73 Å². The third-order valence-corrected chi connectivity index (χ3v) is 4.86. The predicted molar refractivity (Wildman–Crippen MR) is 110 cm³/mol. The SMILES string of the molecule is COc1ccc(-c2cncc(-c3ccc4c(=O)n(F)nc(CN)c4c3)c2)c(C#N)c1. The highest BCUT2D eigenvalue weighted by atomic mass is 19.2. The summed E-state index contributed by atoms with van der Waals surface area (Å²) in [4.78, 5) is 16.1. The zero-order valence-corrected chi connectivity index (χ0v) is 16.0. The summed E-state index contributed by atoms with van der Waals surface area (Å²) >= 11 is 0. The molecule has 148 valence electrons. The van der Waals surface area contributed by atoms with Gasteiger partial charge in [0.2, 0.25) is 0 Å². The first-order valence-electron chi connectivity index (χ1n) is 9.02. The molecule has 0 radical (unpaired) electrons. The first kappa shape index (κ1) is 19.2. The Hall–Kier alpha value is -4.09. The monoisotopic (exact) mass is 401 g/mol. The van der Waals surface area contributed by atoms with Gasteiger partial charge in [0.05, 0.1) is 29.8 Å². The fourth-order valence-electron chi connectivity index (χ4n) is 3.34. The summed E-state index contributed by atoms with van der Waals surface area (Å²) < 4.78 is 18.9. The summed E-state index contributed by atoms with van der Waals surface area (Å²) in [6.45, 7) is -0.0141. The Morgan fingerprint density at radius 2 is 1.90 bits per heavy atom. The number of aromatic nitrogens is 3. The smallest absolute Gasteiger partial charge is 0.305 e. The van der Waals surface area contributed by atoms with E-state index < -0.39 is 5.56 Å². The quantitative estimate of drug-likeness (QED) is 0.563. The van der Waals surface area contributed by atoms with E-state index in [1.54, 1.807) is 55.9 Å². The van der Waals surface area contributed by atoms with Crippen molar-refractivity contribution in [1.82, 2.24) is 15.0 Å². The van der Waals surface area contributed by atoms with Crippen molar-refractivity contribution < 1.29 is 9.22 Å². The molecule has 0 saturated carbocycles. The number of benzene rings is 2. The number of nitrogens with two attached hydrogens (primary N) is 1. The Bertz CT molecular complexity index is 1370. The lowest BCUT2D eigenvalue weighted by Gasteiger charge is -2.10. The molecule has 0 bridgehead atoms. The van der Waals surface area contributed by atoms with Crippen molar-refractivity contribution in [2.75, 3.05) is 7.11 Å². The molecule has 8 heteroatoms. The number of nitriles is 1. The molecule has 2 heterocycles. The van der Waals surface area contributed by atoms with E-state index in [0.29, 0.717) is 16.7 Å². The molecular weight excluding hydrogens is 385 g/mol. The molecule has 0 aliphatic carbocycles. The van der Waals surface area contributed by atoms with Crippen LogP contribution in [0.1, 0.15) is 11.3 Å². The molecule has 4 aromatic rings. The maximum atomic E-state index is 13.7. The number of methoxy groups -OCH3 is 1. The molecule has 0 atom stereocenters. The van der Waals surface area contributed by atoms with Crippen LogP contribution in [0.5, 0.6) is 5.75 Å². The Morgan fingerprint density at radius 1 is 1.10 bits per heavy atom. The highest BCUT2D eigenvalue weighted by Gasteiger charge is 2.13. The Kier molecular flexibility index (Phi) is 4.96. The zero-order chi connectivity index (χ0) is 21.3. The lowest BCUT2D eigenvalue weighted by atomic mass is 9.97. The molecule has 4 rings (SSSR count). The second-order valence-corrected chi connectivity index (χ2v) is 6.56. The third-order valence-electron chi connectivity index (χ3n) is 4.86. The van der Waals surface area contributed by atoms with Gasteiger partial charge in [-0.05, 0) is 42.0 Å². The van der Waals surface area contributed by atoms with E-state index in [4.69, 9.17) is 10.5 Å². The Labute approximate surface area is 170 Å². The van der Waals surface area contributed by atoms with Gasteiger partial charge in [-0.25, -0.2) is 0 Å². The number of hydrogen-bond donors (Lipinski definition) is 1. The summed E-state index contributed by atoms with van der Waals surface area (Å²) in [5, 5.41) is 13.8. The first-order valence-corrected chi connectivity index (χ1v) is 9.02. The van der Waals surface area contributed by atoms with Crippen LogP contribution in [-0.2, 0) is 6.54 Å². The van der Waals surface area contributed by atoms with E-state index in [9.17, 15) is 14.5 Å². The molecular formula is C22H16FN5O2. The van der Waals surface area contributed by atoms with Crippen LogP contribution in [0, 0.1) is 11.3 Å². The predicted octanol–water partition coefficient (Wildman–Crippen LogP) is 3.20. The molecule has 0 aliphatic rings. The normalized spacial score (nSPS) is 10.7. The number of nitrogens with zero attached hydrogens (tertiary/aromatic N) is 4. The van der Waals surface area contributed by atoms with E-state index in [1.807, 2.05) is 6.07 Å². The summed E-state index contributed by atoms with van der Waals surface area (Å²) in [5.74, 6) is 0.592. The minimum absolute atomic E-state index is 0.0141. The van der Waals surface area contributed by atoms with Crippen LogP contribution in [-0.4, -0.2) is 22.1 Å². The maximum absolute atomic E-state index is 13.7. The molecule has 0 spiro atoms. The molecule has 0 unspecified atom stereocenters. The molecule has 7 nitrogen and oxygen atoms in total. The van der Waals surface area contributed by atoms with Crippen molar-refractivity contribution in [2.45, 2.75) is 6.54 Å². The van der Waals surface area contributed by atoms with Crippen molar-refractivity contribution in [1.29, 1.82) is 5.26 Å². The van der Waals surface area contributed by atoms with E-state index >= 15 is 0 Å². The number of fused-ring (bicyclic) bond motifs is 1. The fourth-order valence-corrected chi connectivity index (χ4v) is 3.34. The maximum Gasteiger partial charge on any atom is 0.305 e. The second-order valence-electron chi connectivity index (χ2n) is 6.56. The third kappa shape index (κ3) is 3.27. The molecule has 0 fully saturated rings. The van der Waals surface area contributed by atoms with Crippen LogP contribution in [0.2, 0.25) is 0 Å². The van der Waals surface area contributed by atoms with Gasteiger partial charge >= 0.3 is 5.56 Å². The second kappa shape index (κ2) is 7.73. The summed E-state index contributed by atoms with van der Waals surface area (Å²) in [5.41, 5.74) is 8.59. The van der Waals surface area contributed by atoms with Crippen LogP contribution in [0.3, 0.4) is 0 Å². The van der Waals surface area contributed by atoms with Gasteiger partial charge in [0, 0.05) is 41.0 Å². The summed E-state index contributed by atoms with van der Waals surface area (Å²) in [6.07, 6.45) is 3.34. The highest BCUT2D eigenvalue weighted by molar-refractivity contribution is 5.89. The van der Waals surface area contributed by atoms with Gasteiger partial charge in [-0.3, -0.25) is 9.78 Å². The van der Waals surface area contributed by atoms with Crippen molar-refractivity contribution in [3.05, 3.63) is 76.5 Å². The number of hydrogen-bond acceptors (Lipinski definition) is 6. The number of halogens is 1. The van der Waals surface area contributed by atoms with E-state index in [-0.39, 0.29) is 22.5 Å². The minimum Gasteiger partial charge on any atom is -0.497 e. The van der Waals surface area contributed by atoms with Gasteiger partial charge in [0.25, 0.3) is 0 Å². The lowest BCUT2D eigenvalue weighted by molar-refractivity contribution is 0.294. The van der Waals surface area contributed by atoms with Crippen LogP contribution >= 0.6 is 0 Å². The van der Waals surface area contributed by atoms with Crippen molar-refractivity contribution in [3.63, 3.8) is 0 Å². The van der Waals surface area contributed by atoms with Crippen molar-refractivity contribution in [3.8, 4) is 34.1 Å². The molecule has 0 amide bonds. The van der Waals surface area contributed by atoms with Crippen molar-refractivity contribution >= 4 is 10.8 Å². The van der Waals surface area contributed by atoms with Crippen LogP contribution in [0.25, 0.3) is 33.0 Å². The number of pyridine rings is 1. The van der Waals surface area contributed by atoms with Gasteiger partial charge < -0.3 is 10.5 Å². The topological polar surface area (TPSA) is 107 Å². The molecule has 0 saturated heterocycles. The molecule has 0 aliphatic heterocycles. The lowest BCUT2D eigenvalue weighted by Crippen LogP contribution is -2.20. The minimum atomic E-state index is -0.836. The highest BCUT2D eigenvalue weighted by Crippen LogP contribution is 2.31. The first-order chi connectivity index (χ1) is 14.5. The molecule has 2 aromatic heterocycles. The molecule has 2 aromatic carbocycles. The van der Waals surface area contributed by atoms with E-state index in [0.717, 1.165) is 22.3 Å². The van der Waals surface area contributed by atoms with Gasteiger partial charge in [0.1, 0.15) is 5.75 Å². The standard InChI is InChI=1S/C22H16FN5O2/c1-30-17-3-5-18(14(7-17)9-24)16-6-15(11-26-12-16)13-2-4-19-20(8-13)21(10-25)27-28(23)22(19)29/h2-8,11-12H,10,25H2,1H3.